The summed E-state index contributed by atoms with van der Waals surface area (Å²) in [6, 6.07) is 83.9. The van der Waals surface area contributed by atoms with Crippen LogP contribution in [0.3, 0.4) is 0 Å². The van der Waals surface area contributed by atoms with Gasteiger partial charge in [0, 0.05) is 37.1 Å². The molecule has 1 aromatic heterocycles. The van der Waals surface area contributed by atoms with Crippen LogP contribution in [0.2, 0.25) is 0 Å². The molecule has 0 N–H and O–H groups in total. The summed E-state index contributed by atoms with van der Waals surface area (Å²) in [5.41, 5.74) is 15.7. The Morgan fingerprint density at radius 3 is 1.66 bits per heavy atom. The second-order valence-corrected chi connectivity index (χ2v) is 22.0. The molecule has 0 fully saturated rings. The predicted molar refractivity (Wildman–Crippen MR) is 306 cm³/mol. The van der Waals surface area contributed by atoms with Crippen molar-refractivity contribution in [2.75, 3.05) is 4.90 Å². The number of rotatable bonds is 7. The Morgan fingerprint density at radius 2 is 0.886 bits per heavy atom. The van der Waals surface area contributed by atoms with Crippen molar-refractivity contribution >= 4 is 80.9 Å². The van der Waals surface area contributed by atoms with E-state index in [0.717, 1.165) is 17.1 Å². The molecule has 0 spiro atoms. The first-order valence-corrected chi connectivity index (χ1v) is 25.4. The number of hydrogen-bond acceptors (Lipinski definition) is 2. The average molecular weight is 918 g/mol. The van der Waals surface area contributed by atoms with Gasteiger partial charge in [0.15, 0.2) is 0 Å². The highest BCUT2D eigenvalue weighted by Gasteiger charge is 2.24. The molecule has 0 aliphatic carbocycles. The summed E-state index contributed by atoms with van der Waals surface area (Å²) in [4.78, 5) is 2.48. The van der Waals surface area contributed by atoms with Crippen LogP contribution in [0, 0.1) is 0 Å². The van der Waals surface area contributed by atoms with Crippen LogP contribution in [0.5, 0.6) is 0 Å². The smallest absolute Gasteiger partial charge is 0.0540 e. The van der Waals surface area contributed by atoms with Crippen LogP contribution in [0.25, 0.3) is 97.0 Å². The van der Waals surface area contributed by atoms with Gasteiger partial charge in [0.25, 0.3) is 0 Å². The third-order valence-corrected chi connectivity index (χ3v) is 15.5. The van der Waals surface area contributed by atoms with E-state index in [1.54, 1.807) is 0 Å². The van der Waals surface area contributed by atoms with Crippen molar-refractivity contribution in [2.24, 2.45) is 0 Å². The van der Waals surface area contributed by atoms with E-state index in [-0.39, 0.29) is 10.8 Å². The third kappa shape index (κ3) is 7.64. The van der Waals surface area contributed by atoms with E-state index in [2.05, 4.69) is 271 Å². The van der Waals surface area contributed by atoms with Crippen LogP contribution >= 0.6 is 11.3 Å². The molecule has 12 rings (SSSR count). The number of benzene rings is 11. The summed E-state index contributed by atoms with van der Waals surface area (Å²) in [7, 11) is 0. The number of anilines is 3. The normalized spacial score (nSPS) is 12.1. The zero-order chi connectivity index (χ0) is 47.7. The maximum Gasteiger partial charge on any atom is 0.0540 e. The first kappa shape index (κ1) is 43.5. The van der Waals surface area contributed by atoms with E-state index in [1.165, 1.54) is 108 Å². The Balaban J connectivity index is 1.07. The summed E-state index contributed by atoms with van der Waals surface area (Å²) in [6.07, 6.45) is 0. The van der Waals surface area contributed by atoms with Crippen molar-refractivity contribution in [3.05, 3.63) is 236 Å². The fourth-order valence-corrected chi connectivity index (χ4v) is 11.8. The van der Waals surface area contributed by atoms with Crippen LogP contribution in [0.4, 0.5) is 17.1 Å². The monoisotopic (exact) mass is 917 g/mol. The molecule has 0 atom stereocenters. The van der Waals surface area contributed by atoms with Crippen LogP contribution in [0.1, 0.15) is 52.7 Å². The molecule has 12 aromatic rings. The van der Waals surface area contributed by atoms with Gasteiger partial charge in [-0.2, -0.15) is 0 Å². The summed E-state index contributed by atoms with van der Waals surface area (Å²) >= 11 is 1.87. The van der Waals surface area contributed by atoms with Crippen molar-refractivity contribution in [3.63, 3.8) is 0 Å². The minimum atomic E-state index is -0.00928. The lowest BCUT2D eigenvalue weighted by atomic mass is 9.78. The average Bonchev–Trinajstić information content (AvgIpc) is 3.77. The maximum absolute atomic E-state index is 2.48. The van der Waals surface area contributed by atoms with Crippen LogP contribution in [0.15, 0.2) is 224 Å². The molecular formula is C68H55NS. The first-order chi connectivity index (χ1) is 34.0. The van der Waals surface area contributed by atoms with E-state index >= 15 is 0 Å². The Kier molecular flexibility index (Phi) is 10.6. The molecule has 0 bridgehead atoms. The molecular weight excluding hydrogens is 863 g/mol. The third-order valence-electron chi connectivity index (χ3n) is 14.4. The SMILES string of the molecule is CC(C)(C)c1cc(-c2cccc3cccc(-c4ccccc4N(c4ccc(-c5cccc6c5ccc5ccccc56)cc4)c4cccc(-c5cccc6sc7ccccc7c56)c4)c23)cc(C(C)(C)C)c1. The highest BCUT2D eigenvalue weighted by molar-refractivity contribution is 7.25. The van der Waals surface area contributed by atoms with Gasteiger partial charge in [-0.05, 0) is 136 Å². The molecule has 1 nitrogen and oxygen atoms in total. The maximum atomic E-state index is 2.48. The van der Waals surface area contributed by atoms with Crippen LogP contribution in [-0.2, 0) is 10.8 Å². The summed E-state index contributed by atoms with van der Waals surface area (Å²) in [5.74, 6) is 0. The molecule has 338 valence electrons. The second-order valence-electron chi connectivity index (χ2n) is 20.9. The van der Waals surface area contributed by atoms with E-state index in [1.807, 2.05) is 11.3 Å². The van der Waals surface area contributed by atoms with Crippen molar-refractivity contribution in [3.8, 4) is 44.5 Å². The van der Waals surface area contributed by atoms with Crippen molar-refractivity contribution in [1.29, 1.82) is 0 Å². The van der Waals surface area contributed by atoms with E-state index < -0.39 is 0 Å². The molecule has 0 radical (unpaired) electrons. The number of fused-ring (bicyclic) bond motifs is 7. The second kappa shape index (κ2) is 17.0. The molecule has 0 saturated carbocycles. The molecule has 0 amide bonds. The highest BCUT2D eigenvalue weighted by atomic mass is 32.1. The standard InChI is InChI=1S/C68H55NS/c1-67(2,3)49-40-48(41-50(43-49)68(4,5)6)56-27-14-19-46-20-15-30-60(65(46)56)59-24-9-11-31-62(59)69(52-22-13-21-47(42-52)55-28-17-33-64-66(55)61-25-10-12-32-63(61)70-64)51-37-34-45(35-38-51)54-26-16-29-57-53-23-8-7-18-44(53)36-39-58(54)57/h7-43H,1-6H3. The molecule has 1 heterocycles. The number of thiophene rings is 1. The Bertz CT molecular complexity index is 3930. The first-order valence-electron chi connectivity index (χ1n) is 24.6. The molecule has 11 aromatic carbocycles. The van der Waals surface area contributed by atoms with E-state index in [0.29, 0.717) is 0 Å². The Morgan fingerprint density at radius 1 is 0.314 bits per heavy atom. The lowest BCUT2D eigenvalue weighted by Gasteiger charge is -2.29. The minimum Gasteiger partial charge on any atom is -0.310 e. The topological polar surface area (TPSA) is 3.24 Å². The molecule has 0 unspecified atom stereocenters. The quantitative estimate of drug-likeness (QED) is 0.144. The van der Waals surface area contributed by atoms with Gasteiger partial charge in [0.05, 0.1) is 5.69 Å². The number of hydrogen-bond donors (Lipinski definition) is 0. The summed E-state index contributed by atoms with van der Waals surface area (Å²) in [6.45, 7) is 14.0. The Hall–Kier alpha value is -7.78. The number of nitrogens with zero attached hydrogens (tertiary/aromatic N) is 1. The van der Waals surface area contributed by atoms with Gasteiger partial charge in [-0.25, -0.2) is 0 Å². The fraction of sp³-hybridized carbons (Fsp3) is 0.118. The summed E-state index contributed by atoms with van der Waals surface area (Å²) in [5, 5.41) is 10.2. The van der Waals surface area contributed by atoms with Gasteiger partial charge in [0.1, 0.15) is 0 Å². The highest BCUT2D eigenvalue weighted by Crippen LogP contribution is 2.48. The lowest BCUT2D eigenvalue weighted by Crippen LogP contribution is -2.16. The van der Waals surface area contributed by atoms with Gasteiger partial charge in [-0.15, -0.1) is 11.3 Å². The molecule has 70 heavy (non-hydrogen) atoms. The van der Waals surface area contributed by atoms with Crippen molar-refractivity contribution < 1.29 is 0 Å². The van der Waals surface area contributed by atoms with E-state index in [4.69, 9.17) is 0 Å². The van der Waals surface area contributed by atoms with Crippen molar-refractivity contribution in [2.45, 2.75) is 52.4 Å². The van der Waals surface area contributed by atoms with Crippen LogP contribution < -0.4 is 4.90 Å². The lowest BCUT2D eigenvalue weighted by molar-refractivity contribution is 0.569. The van der Waals surface area contributed by atoms with Gasteiger partial charge in [-0.1, -0.05) is 224 Å². The zero-order valence-electron chi connectivity index (χ0n) is 40.7. The minimum absolute atomic E-state index is 0.00928. The Labute approximate surface area is 416 Å². The van der Waals surface area contributed by atoms with Gasteiger partial charge >= 0.3 is 0 Å². The van der Waals surface area contributed by atoms with Crippen molar-refractivity contribution in [1.82, 2.24) is 0 Å². The largest absolute Gasteiger partial charge is 0.310 e. The molecule has 0 saturated heterocycles. The van der Waals surface area contributed by atoms with Gasteiger partial charge in [0.2, 0.25) is 0 Å². The molecule has 2 heteroatoms. The van der Waals surface area contributed by atoms with Gasteiger partial charge in [-0.3, -0.25) is 0 Å². The van der Waals surface area contributed by atoms with E-state index in [9.17, 15) is 0 Å². The number of para-hydroxylation sites is 1. The predicted octanol–water partition coefficient (Wildman–Crippen LogP) is 20.2. The van der Waals surface area contributed by atoms with Crippen LogP contribution in [-0.4, -0.2) is 0 Å². The summed E-state index contributed by atoms with van der Waals surface area (Å²) < 4.78 is 2.61. The molecule has 0 aliphatic rings. The van der Waals surface area contributed by atoms with Gasteiger partial charge < -0.3 is 4.90 Å². The fourth-order valence-electron chi connectivity index (χ4n) is 10.7. The molecule has 0 aliphatic heterocycles. The zero-order valence-corrected chi connectivity index (χ0v) is 41.5.